The number of aryl methyl sites for hydroxylation is 1. The number of rotatable bonds is 4. The van der Waals surface area contributed by atoms with Gasteiger partial charge in [0.25, 0.3) is 0 Å². The van der Waals surface area contributed by atoms with Gasteiger partial charge in [-0.2, -0.15) is 0 Å². The molecule has 1 atom stereocenters. The zero-order valence-corrected chi connectivity index (χ0v) is 16.9. The van der Waals surface area contributed by atoms with E-state index in [2.05, 4.69) is 99.8 Å². The molecule has 26 heavy (non-hydrogen) atoms. The van der Waals surface area contributed by atoms with Crippen LogP contribution >= 0.6 is 0 Å². The Morgan fingerprint density at radius 2 is 1.69 bits per heavy atom. The van der Waals surface area contributed by atoms with Gasteiger partial charge >= 0.3 is 0 Å². The second-order valence-corrected chi connectivity index (χ2v) is 8.37. The van der Waals surface area contributed by atoms with Crippen LogP contribution in [-0.2, 0) is 12.0 Å². The van der Waals surface area contributed by atoms with Crippen LogP contribution in [0.5, 0.6) is 0 Å². The third-order valence-corrected chi connectivity index (χ3v) is 5.42. The van der Waals surface area contributed by atoms with Crippen molar-refractivity contribution in [2.45, 2.75) is 59.4 Å². The van der Waals surface area contributed by atoms with Gasteiger partial charge in [-0.05, 0) is 47.1 Å². The minimum absolute atomic E-state index is 0.190. The van der Waals surface area contributed by atoms with Crippen LogP contribution in [0.2, 0.25) is 0 Å². The van der Waals surface area contributed by atoms with E-state index in [0.717, 1.165) is 12.4 Å². The number of benzene rings is 2. The Morgan fingerprint density at radius 1 is 1.00 bits per heavy atom. The summed E-state index contributed by atoms with van der Waals surface area (Å²) in [5.74, 6) is 1.40. The average Bonchev–Trinajstić information content (AvgIpc) is 3.04. The molecule has 0 aliphatic carbocycles. The number of hydrogen-bond acceptors (Lipinski definition) is 1. The summed E-state index contributed by atoms with van der Waals surface area (Å²) in [6.07, 6.45) is 4.01. The molecule has 0 amide bonds. The molecule has 1 heterocycles. The Morgan fingerprint density at radius 3 is 2.35 bits per heavy atom. The molecule has 0 saturated heterocycles. The summed E-state index contributed by atoms with van der Waals surface area (Å²) < 4.78 is 2.28. The second-order valence-electron chi connectivity index (χ2n) is 8.37. The Balaban J connectivity index is 1.86. The molecule has 2 aromatic carbocycles. The van der Waals surface area contributed by atoms with Gasteiger partial charge in [0.1, 0.15) is 5.82 Å². The van der Waals surface area contributed by atoms with Gasteiger partial charge in [0.05, 0.1) is 0 Å². The zero-order valence-electron chi connectivity index (χ0n) is 16.9. The lowest BCUT2D eigenvalue weighted by molar-refractivity contribution is 0.589. The number of hydrogen-bond donors (Lipinski definition) is 0. The van der Waals surface area contributed by atoms with Gasteiger partial charge in [-0.1, -0.05) is 70.2 Å². The normalized spacial score (nSPS) is 13.0. The molecule has 0 unspecified atom stereocenters. The smallest absolute Gasteiger partial charge is 0.116 e. The maximum absolute atomic E-state index is 4.68. The fraction of sp³-hybridized carbons (Fsp3) is 0.375. The van der Waals surface area contributed by atoms with Crippen molar-refractivity contribution < 1.29 is 0 Å². The first-order valence-corrected chi connectivity index (χ1v) is 9.44. The third kappa shape index (κ3) is 3.75. The molecule has 136 valence electrons. The first-order chi connectivity index (χ1) is 12.3. The summed E-state index contributed by atoms with van der Waals surface area (Å²) >= 11 is 0. The van der Waals surface area contributed by atoms with E-state index in [-0.39, 0.29) is 11.3 Å². The first-order valence-electron chi connectivity index (χ1n) is 9.44. The van der Waals surface area contributed by atoms with Crippen LogP contribution in [0.4, 0.5) is 0 Å². The second kappa shape index (κ2) is 7.11. The van der Waals surface area contributed by atoms with Crippen molar-refractivity contribution in [2.75, 3.05) is 0 Å². The monoisotopic (exact) mass is 346 g/mol. The fourth-order valence-corrected chi connectivity index (χ4v) is 3.52. The Kier molecular flexibility index (Phi) is 5.04. The predicted molar refractivity (Wildman–Crippen MR) is 110 cm³/mol. The zero-order chi connectivity index (χ0) is 18.9. The van der Waals surface area contributed by atoms with Crippen LogP contribution in [0.25, 0.3) is 0 Å². The standard InChI is InChI=1S/C24H30N2/c1-17-8-7-9-22(18(17)2)19(3)23-25-14-15-26(23)16-20-10-12-21(13-11-20)24(4,5)6/h7-15,19H,16H2,1-6H3/t19-/m0/s1. The highest BCUT2D eigenvalue weighted by Gasteiger charge is 2.17. The lowest BCUT2D eigenvalue weighted by Gasteiger charge is -2.20. The topological polar surface area (TPSA) is 17.8 Å². The fourth-order valence-electron chi connectivity index (χ4n) is 3.52. The molecule has 0 radical (unpaired) electrons. The number of nitrogens with zero attached hydrogens (tertiary/aromatic N) is 2. The van der Waals surface area contributed by atoms with Gasteiger partial charge in [0.15, 0.2) is 0 Å². The van der Waals surface area contributed by atoms with E-state index in [0.29, 0.717) is 0 Å². The van der Waals surface area contributed by atoms with Gasteiger partial charge in [-0.3, -0.25) is 0 Å². The highest BCUT2D eigenvalue weighted by molar-refractivity contribution is 5.38. The van der Waals surface area contributed by atoms with Crippen LogP contribution < -0.4 is 0 Å². The van der Waals surface area contributed by atoms with Gasteiger partial charge in [-0.15, -0.1) is 0 Å². The molecular weight excluding hydrogens is 316 g/mol. The van der Waals surface area contributed by atoms with E-state index in [1.807, 2.05) is 6.20 Å². The van der Waals surface area contributed by atoms with E-state index >= 15 is 0 Å². The number of aromatic nitrogens is 2. The summed E-state index contributed by atoms with van der Waals surface area (Å²) in [4.78, 5) is 4.68. The summed E-state index contributed by atoms with van der Waals surface area (Å²) in [5.41, 5.74) is 6.94. The maximum Gasteiger partial charge on any atom is 0.116 e. The molecule has 3 rings (SSSR count). The van der Waals surface area contributed by atoms with Crippen LogP contribution in [0.15, 0.2) is 54.9 Å². The third-order valence-electron chi connectivity index (χ3n) is 5.42. The quantitative estimate of drug-likeness (QED) is 0.567. The van der Waals surface area contributed by atoms with Crippen molar-refractivity contribution in [3.63, 3.8) is 0 Å². The van der Waals surface area contributed by atoms with Crippen LogP contribution in [0.3, 0.4) is 0 Å². The molecule has 0 fully saturated rings. The molecule has 0 bridgehead atoms. The maximum atomic E-state index is 4.68. The summed E-state index contributed by atoms with van der Waals surface area (Å²) in [6, 6.07) is 15.5. The first kappa shape index (κ1) is 18.4. The molecule has 0 aliphatic heterocycles. The molecule has 3 aromatic rings. The summed E-state index contributed by atoms with van der Waals surface area (Å²) in [7, 11) is 0. The van der Waals surface area contributed by atoms with E-state index < -0.39 is 0 Å². The molecule has 0 saturated carbocycles. The Bertz CT molecular complexity index is 879. The van der Waals surface area contributed by atoms with Crippen molar-refractivity contribution in [1.82, 2.24) is 9.55 Å². The van der Waals surface area contributed by atoms with Gasteiger partial charge in [0, 0.05) is 24.9 Å². The molecule has 2 heteroatoms. The van der Waals surface area contributed by atoms with Crippen molar-refractivity contribution in [3.05, 3.63) is 88.5 Å². The van der Waals surface area contributed by atoms with Crippen LogP contribution in [0, 0.1) is 13.8 Å². The highest BCUT2D eigenvalue weighted by Crippen LogP contribution is 2.28. The van der Waals surface area contributed by atoms with E-state index in [9.17, 15) is 0 Å². The molecule has 0 spiro atoms. The molecule has 0 N–H and O–H groups in total. The van der Waals surface area contributed by atoms with Crippen molar-refractivity contribution in [2.24, 2.45) is 0 Å². The highest BCUT2D eigenvalue weighted by atomic mass is 15.1. The average molecular weight is 347 g/mol. The van der Waals surface area contributed by atoms with E-state index in [4.69, 9.17) is 0 Å². The number of imidazole rings is 1. The molecule has 0 aliphatic rings. The van der Waals surface area contributed by atoms with Crippen LogP contribution in [0.1, 0.15) is 67.3 Å². The Hall–Kier alpha value is -2.35. The largest absolute Gasteiger partial charge is 0.330 e. The lowest BCUT2D eigenvalue weighted by Crippen LogP contribution is -2.12. The van der Waals surface area contributed by atoms with E-state index in [1.54, 1.807) is 0 Å². The summed E-state index contributed by atoms with van der Waals surface area (Å²) in [5, 5.41) is 0. The molecule has 1 aromatic heterocycles. The minimum Gasteiger partial charge on any atom is -0.330 e. The summed E-state index contributed by atoms with van der Waals surface area (Å²) in [6.45, 7) is 14.2. The van der Waals surface area contributed by atoms with E-state index in [1.165, 1.54) is 27.8 Å². The van der Waals surface area contributed by atoms with Crippen molar-refractivity contribution in [3.8, 4) is 0 Å². The van der Waals surface area contributed by atoms with Crippen molar-refractivity contribution >= 4 is 0 Å². The van der Waals surface area contributed by atoms with Gasteiger partial charge < -0.3 is 4.57 Å². The lowest BCUT2D eigenvalue weighted by atomic mass is 9.87. The predicted octanol–water partition coefficient (Wildman–Crippen LogP) is 6.00. The van der Waals surface area contributed by atoms with Gasteiger partial charge in [0.2, 0.25) is 0 Å². The minimum atomic E-state index is 0.190. The van der Waals surface area contributed by atoms with Gasteiger partial charge in [-0.25, -0.2) is 4.98 Å². The molecular formula is C24H30N2. The Labute approximate surface area is 157 Å². The molecule has 2 nitrogen and oxygen atoms in total. The van der Waals surface area contributed by atoms with Crippen LogP contribution in [-0.4, -0.2) is 9.55 Å². The SMILES string of the molecule is Cc1cccc([C@H](C)c2nccn2Cc2ccc(C(C)(C)C)cc2)c1C. The van der Waals surface area contributed by atoms with Crippen molar-refractivity contribution in [1.29, 1.82) is 0 Å².